The molecular weight excluding hydrogens is 299 g/mol. The van der Waals surface area contributed by atoms with E-state index in [-0.39, 0.29) is 6.61 Å². The Labute approximate surface area is 119 Å². The molecule has 0 saturated carbocycles. The summed E-state index contributed by atoms with van der Waals surface area (Å²) in [6.07, 6.45) is -1.76. The van der Waals surface area contributed by atoms with Crippen molar-refractivity contribution in [3.05, 3.63) is 30.6 Å². The summed E-state index contributed by atoms with van der Waals surface area (Å²) in [5.41, 5.74) is 1.57. The van der Waals surface area contributed by atoms with Crippen LogP contribution in [-0.4, -0.2) is 44.5 Å². The molecule has 0 radical (unpaired) electrons. The van der Waals surface area contributed by atoms with Crippen LogP contribution >= 0.6 is 7.82 Å². The lowest BCUT2D eigenvalue weighted by molar-refractivity contribution is -0.0663. The van der Waals surface area contributed by atoms with Gasteiger partial charge in [0.1, 0.15) is 18.3 Å². The Morgan fingerprint density at radius 2 is 2.19 bits per heavy atom. The highest BCUT2D eigenvalue weighted by Gasteiger charge is 2.52. The standard InChI is InChI=1S/C12H13N2O6P/c15-10-11-9(5-18-21(16,17)20-11)19-12(10)14-6-13-7-3-1-2-4-8(7)14/h1-4,6,9-12,15H,5H2,(H,16,17)/t9-,10-,11-,12-/m1/s1. The number of aliphatic hydroxyl groups excluding tert-OH is 1. The number of rotatable bonds is 1. The topological polar surface area (TPSA) is 103 Å². The molecule has 2 saturated heterocycles. The number of phosphoric acid groups is 1. The van der Waals surface area contributed by atoms with E-state index in [2.05, 4.69) is 4.98 Å². The van der Waals surface area contributed by atoms with E-state index in [1.165, 1.54) is 0 Å². The molecule has 3 heterocycles. The Hall–Kier alpha value is -1.28. The number of aliphatic hydroxyl groups is 1. The fourth-order valence-electron chi connectivity index (χ4n) is 2.75. The number of hydrogen-bond donors (Lipinski definition) is 2. The molecule has 1 unspecified atom stereocenters. The molecule has 0 bridgehead atoms. The number of nitrogens with zero attached hydrogens (tertiary/aromatic N) is 2. The predicted octanol–water partition coefficient (Wildman–Crippen LogP) is 0.810. The Kier molecular flexibility index (Phi) is 2.94. The molecule has 2 fully saturated rings. The number of phosphoric ester groups is 1. The molecule has 1 aromatic carbocycles. The third-order valence-electron chi connectivity index (χ3n) is 3.72. The summed E-state index contributed by atoms with van der Waals surface area (Å²) in [4.78, 5) is 13.6. The lowest BCUT2D eigenvalue weighted by Crippen LogP contribution is -2.39. The van der Waals surface area contributed by atoms with Crippen molar-refractivity contribution in [2.75, 3.05) is 6.61 Å². The van der Waals surface area contributed by atoms with Crippen molar-refractivity contribution in [1.29, 1.82) is 0 Å². The van der Waals surface area contributed by atoms with Crippen LogP contribution in [-0.2, 0) is 18.3 Å². The molecule has 2 aliphatic rings. The minimum absolute atomic E-state index is 0.0986. The molecule has 8 nitrogen and oxygen atoms in total. The maximum Gasteiger partial charge on any atom is 0.472 e. The van der Waals surface area contributed by atoms with Crippen LogP contribution in [0.5, 0.6) is 0 Å². The molecular formula is C12H13N2O6P. The summed E-state index contributed by atoms with van der Waals surface area (Å²) < 4.78 is 28.5. The molecule has 4 rings (SSSR count). The number of hydrogen-bond acceptors (Lipinski definition) is 6. The fraction of sp³-hybridized carbons (Fsp3) is 0.417. The first-order chi connectivity index (χ1) is 10.1. The third kappa shape index (κ3) is 2.12. The number of imidazole rings is 1. The number of ether oxygens (including phenoxy) is 1. The van der Waals surface area contributed by atoms with E-state index in [4.69, 9.17) is 13.8 Å². The van der Waals surface area contributed by atoms with Gasteiger partial charge in [-0.1, -0.05) is 12.1 Å². The van der Waals surface area contributed by atoms with Crippen LogP contribution in [0.3, 0.4) is 0 Å². The van der Waals surface area contributed by atoms with Gasteiger partial charge in [0.15, 0.2) is 6.23 Å². The third-order valence-corrected chi connectivity index (χ3v) is 4.71. The van der Waals surface area contributed by atoms with Crippen molar-refractivity contribution >= 4 is 18.9 Å². The van der Waals surface area contributed by atoms with E-state index >= 15 is 0 Å². The van der Waals surface area contributed by atoms with Gasteiger partial charge >= 0.3 is 7.82 Å². The van der Waals surface area contributed by atoms with E-state index in [9.17, 15) is 14.6 Å². The van der Waals surface area contributed by atoms with Gasteiger partial charge in [0.05, 0.1) is 24.0 Å². The smallest absolute Gasteiger partial charge is 0.386 e. The van der Waals surface area contributed by atoms with Gasteiger partial charge in [0.2, 0.25) is 0 Å². The zero-order valence-corrected chi connectivity index (χ0v) is 11.7. The maximum absolute atomic E-state index is 11.5. The SMILES string of the molecule is O=P1(O)OC[C@H]2O[C@@H](n3cnc4ccccc43)[C@H](O)[C@@H]2O1. The Morgan fingerprint density at radius 3 is 3.05 bits per heavy atom. The largest absolute Gasteiger partial charge is 0.472 e. The minimum Gasteiger partial charge on any atom is -0.386 e. The molecule has 2 aliphatic heterocycles. The maximum atomic E-state index is 11.5. The van der Waals surface area contributed by atoms with Gasteiger partial charge in [0, 0.05) is 0 Å². The molecule has 0 spiro atoms. The van der Waals surface area contributed by atoms with E-state index < -0.39 is 32.4 Å². The average molecular weight is 312 g/mol. The van der Waals surface area contributed by atoms with Gasteiger partial charge in [0.25, 0.3) is 0 Å². The number of aromatic nitrogens is 2. The van der Waals surface area contributed by atoms with Gasteiger partial charge < -0.3 is 19.3 Å². The summed E-state index contributed by atoms with van der Waals surface area (Å²) in [5, 5.41) is 10.4. The molecule has 2 N–H and O–H groups in total. The van der Waals surface area contributed by atoms with E-state index in [0.717, 1.165) is 11.0 Å². The first-order valence-corrected chi connectivity index (χ1v) is 7.95. The van der Waals surface area contributed by atoms with Crippen LogP contribution in [0.1, 0.15) is 6.23 Å². The first-order valence-electron chi connectivity index (χ1n) is 6.46. The van der Waals surface area contributed by atoms with Gasteiger partial charge in [-0.3, -0.25) is 9.05 Å². The van der Waals surface area contributed by atoms with Crippen LogP contribution in [0.25, 0.3) is 11.0 Å². The second-order valence-electron chi connectivity index (χ2n) is 5.03. The summed E-state index contributed by atoms with van der Waals surface area (Å²) in [5.74, 6) is 0. The minimum atomic E-state index is -4.11. The van der Waals surface area contributed by atoms with E-state index in [0.29, 0.717) is 0 Å². The van der Waals surface area contributed by atoms with Crippen molar-refractivity contribution in [3.8, 4) is 0 Å². The second kappa shape index (κ2) is 4.61. The van der Waals surface area contributed by atoms with Crippen molar-refractivity contribution < 1.29 is 28.3 Å². The highest BCUT2D eigenvalue weighted by Crippen LogP contribution is 2.52. The zero-order chi connectivity index (χ0) is 14.6. The predicted molar refractivity (Wildman–Crippen MR) is 70.3 cm³/mol. The van der Waals surface area contributed by atoms with Crippen LogP contribution in [0.15, 0.2) is 30.6 Å². The van der Waals surface area contributed by atoms with Crippen molar-refractivity contribution in [1.82, 2.24) is 9.55 Å². The Bertz CT molecular complexity index is 733. The zero-order valence-electron chi connectivity index (χ0n) is 10.8. The second-order valence-corrected chi connectivity index (χ2v) is 6.44. The quantitative estimate of drug-likeness (QED) is 0.751. The average Bonchev–Trinajstić information content (AvgIpc) is 3.00. The van der Waals surface area contributed by atoms with Gasteiger partial charge in [-0.25, -0.2) is 9.55 Å². The van der Waals surface area contributed by atoms with Crippen molar-refractivity contribution in [2.45, 2.75) is 24.5 Å². The normalized spacial score (nSPS) is 39.5. The highest BCUT2D eigenvalue weighted by atomic mass is 31.2. The lowest BCUT2D eigenvalue weighted by Gasteiger charge is -2.27. The molecule has 5 atom stereocenters. The molecule has 21 heavy (non-hydrogen) atoms. The molecule has 0 amide bonds. The number of benzene rings is 1. The monoisotopic (exact) mass is 312 g/mol. The molecule has 0 aliphatic carbocycles. The molecule has 1 aromatic heterocycles. The van der Waals surface area contributed by atoms with Crippen molar-refractivity contribution in [2.24, 2.45) is 0 Å². The highest BCUT2D eigenvalue weighted by molar-refractivity contribution is 7.47. The summed E-state index contributed by atoms with van der Waals surface area (Å²) in [6.45, 7) is -0.0986. The van der Waals surface area contributed by atoms with Crippen LogP contribution in [0.4, 0.5) is 0 Å². The summed E-state index contributed by atoms with van der Waals surface area (Å²) in [7, 11) is -4.11. The lowest BCUT2D eigenvalue weighted by atomic mass is 10.1. The Morgan fingerprint density at radius 1 is 1.38 bits per heavy atom. The van der Waals surface area contributed by atoms with E-state index in [1.54, 1.807) is 10.9 Å². The van der Waals surface area contributed by atoms with Crippen LogP contribution < -0.4 is 0 Å². The number of para-hydroxylation sites is 2. The molecule has 112 valence electrons. The first kappa shape index (κ1) is 13.4. The van der Waals surface area contributed by atoms with Crippen molar-refractivity contribution in [3.63, 3.8) is 0 Å². The summed E-state index contributed by atoms with van der Waals surface area (Å²) in [6, 6.07) is 7.43. The van der Waals surface area contributed by atoms with E-state index in [1.807, 2.05) is 24.3 Å². The van der Waals surface area contributed by atoms with Gasteiger partial charge in [-0.05, 0) is 12.1 Å². The fourth-order valence-corrected chi connectivity index (χ4v) is 3.71. The Balaban J connectivity index is 1.69. The molecule has 2 aromatic rings. The van der Waals surface area contributed by atoms with Crippen LogP contribution in [0.2, 0.25) is 0 Å². The summed E-state index contributed by atoms with van der Waals surface area (Å²) >= 11 is 0. The molecule has 9 heteroatoms. The number of fused-ring (bicyclic) bond motifs is 2. The van der Waals surface area contributed by atoms with Gasteiger partial charge in [-0.2, -0.15) is 0 Å². The van der Waals surface area contributed by atoms with Gasteiger partial charge in [-0.15, -0.1) is 0 Å². The van der Waals surface area contributed by atoms with Crippen LogP contribution in [0, 0.1) is 0 Å².